The predicted molar refractivity (Wildman–Crippen MR) is 113 cm³/mol. The van der Waals surface area contributed by atoms with Gasteiger partial charge in [0.1, 0.15) is 0 Å². The van der Waals surface area contributed by atoms with Crippen molar-refractivity contribution in [1.29, 1.82) is 0 Å². The molecule has 1 N–H and O–H groups in total. The van der Waals surface area contributed by atoms with Crippen LogP contribution >= 0.6 is 11.3 Å². The molecule has 27 heavy (non-hydrogen) atoms. The topological polar surface area (TPSA) is 55.1 Å². The molecule has 4 aromatic rings. The van der Waals surface area contributed by atoms with Crippen molar-refractivity contribution in [1.82, 2.24) is 14.8 Å². The number of thiazole rings is 1. The number of rotatable bonds is 5. The summed E-state index contributed by atoms with van der Waals surface area (Å²) in [5.41, 5.74) is 9.63. The van der Waals surface area contributed by atoms with Crippen molar-refractivity contribution in [3.8, 4) is 0 Å². The van der Waals surface area contributed by atoms with Crippen LogP contribution in [0.5, 0.6) is 0 Å². The Morgan fingerprint density at radius 1 is 1.07 bits per heavy atom. The first kappa shape index (κ1) is 17.4. The highest BCUT2D eigenvalue weighted by atomic mass is 32.1. The van der Waals surface area contributed by atoms with Crippen molar-refractivity contribution in [2.75, 3.05) is 5.43 Å². The van der Waals surface area contributed by atoms with Crippen LogP contribution in [0, 0.1) is 20.8 Å². The minimum atomic E-state index is 0.756. The molecule has 0 saturated heterocycles. The molecule has 0 spiro atoms. The van der Waals surface area contributed by atoms with Crippen molar-refractivity contribution in [2.45, 2.75) is 27.3 Å². The molecule has 0 radical (unpaired) electrons. The summed E-state index contributed by atoms with van der Waals surface area (Å²) in [6.45, 7) is 6.94. The Kier molecular flexibility index (Phi) is 4.73. The summed E-state index contributed by atoms with van der Waals surface area (Å²) in [6, 6.07) is 16.6. The molecule has 0 unspecified atom stereocenters. The van der Waals surface area contributed by atoms with Gasteiger partial charge in [-0.15, -0.1) is 0 Å². The summed E-state index contributed by atoms with van der Waals surface area (Å²) < 4.78 is 3.17. The molecule has 4 rings (SSSR count). The van der Waals surface area contributed by atoms with Gasteiger partial charge in [-0.25, -0.2) is 4.98 Å². The van der Waals surface area contributed by atoms with Crippen molar-refractivity contribution in [3.05, 3.63) is 76.6 Å². The number of hydrazone groups is 1. The molecule has 0 aliphatic heterocycles. The molecule has 0 saturated carbocycles. The first-order valence-electron chi connectivity index (χ1n) is 8.84. The lowest BCUT2D eigenvalue weighted by atomic mass is 10.1. The van der Waals surface area contributed by atoms with Gasteiger partial charge in [0.05, 0.1) is 28.7 Å². The summed E-state index contributed by atoms with van der Waals surface area (Å²) in [5, 5.41) is 9.84. The largest absolute Gasteiger partial charge is 0.265 e. The second-order valence-corrected chi connectivity index (χ2v) is 7.62. The van der Waals surface area contributed by atoms with Crippen LogP contribution < -0.4 is 5.43 Å². The van der Waals surface area contributed by atoms with Crippen molar-refractivity contribution >= 4 is 32.9 Å². The number of fused-ring (bicyclic) bond motifs is 1. The SMILES string of the molecule is Cc1ccc(Cn2nc(C)c(/C=N\Nc3nc4ccccc4s3)c2C)cc1. The summed E-state index contributed by atoms with van der Waals surface area (Å²) in [6.07, 6.45) is 1.83. The Bertz CT molecular complexity index is 1070. The molecule has 0 aliphatic rings. The maximum Gasteiger partial charge on any atom is 0.204 e. The summed E-state index contributed by atoms with van der Waals surface area (Å²) in [4.78, 5) is 4.53. The van der Waals surface area contributed by atoms with E-state index in [0.29, 0.717) is 0 Å². The number of aromatic nitrogens is 3. The Labute approximate surface area is 162 Å². The fourth-order valence-corrected chi connectivity index (χ4v) is 3.81. The zero-order valence-corrected chi connectivity index (χ0v) is 16.4. The number of nitrogens with zero attached hydrogens (tertiary/aromatic N) is 4. The maximum absolute atomic E-state index is 4.67. The quantitative estimate of drug-likeness (QED) is 0.398. The third-order valence-electron chi connectivity index (χ3n) is 4.54. The van der Waals surface area contributed by atoms with Crippen LogP contribution in [0.1, 0.15) is 28.1 Å². The zero-order chi connectivity index (χ0) is 18.8. The normalized spacial score (nSPS) is 11.5. The first-order valence-corrected chi connectivity index (χ1v) is 9.66. The van der Waals surface area contributed by atoms with Crippen LogP contribution in [-0.4, -0.2) is 21.0 Å². The predicted octanol–water partition coefficient (Wildman–Crippen LogP) is 4.91. The number of nitrogens with one attached hydrogen (secondary N) is 1. The Morgan fingerprint density at radius 3 is 2.63 bits per heavy atom. The lowest BCUT2D eigenvalue weighted by molar-refractivity contribution is 0.659. The monoisotopic (exact) mass is 375 g/mol. The highest BCUT2D eigenvalue weighted by Gasteiger charge is 2.10. The number of para-hydroxylation sites is 1. The van der Waals surface area contributed by atoms with Gasteiger partial charge in [0, 0.05) is 11.3 Å². The van der Waals surface area contributed by atoms with Gasteiger partial charge in [-0.3, -0.25) is 10.1 Å². The van der Waals surface area contributed by atoms with Gasteiger partial charge in [-0.1, -0.05) is 53.3 Å². The lowest BCUT2D eigenvalue weighted by Gasteiger charge is -2.05. The molecule has 2 aromatic carbocycles. The molecule has 2 heterocycles. The number of anilines is 1. The van der Waals surface area contributed by atoms with Crippen LogP contribution in [0.3, 0.4) is 0 Å². The van der Waals surface area contributed by atoms with Crippen LogP contribution in [0.25, 0.3) is 10.2 Å². The van der Waals surface area contributed by atoms with E-state index < -0.39 is 0 Å². The molecule has 0 aliphatic carbocycles. The van der Waals surface area contributed by atoms with E-state index in [4.69, 9.17) is 0 Å². The third-order valence-corrected chi connectivity index (χ3v) is 5.48. The van der Waals surface area contributed by atoms with E-state index in [1.165, 1.54) is 11.1 Å². The standard InChI is InChI=1S/C21H21N5S/c1-14-8-10-17(11-9-14)13-26-16(3)18(15(2)25-26)12-22-24-21-23-19-6-4-5-7-20(19)27-21/h4-12H,13H2,1-3H3,(H,23,24)/b22-12-. The molecule has 0 bridgehead atoms. The van der Waals surface area contributed by atoms with Crippen molar-refractivity contribution in [2.24, 2.45) is 5.10 Å². The van der Waals surface area contributed by atoms with Crippen LogP contribution in [0.4, 0.5) is 5.13 Å². The second kappa shape index (κ2) is 7.32. The van der Waals surface area contributed by atoms with Gasteiger partial charge in [0.25, 0.3) is 0 Å². The zero-order valence-electron chi connectivity index (χ0n) is 15.6. The molecular weight excluding hydrogens is 354 g/mol. The fraction of sp³-hybridized carbons (Fsp3) is 0.190. The average Bonchev–Trinajstić information content (AvgIpc) is 3.19. The Balaban J connectivity index is 1.50. The van der Waals surface area contributed by atoms with Crippen molar-refractivity contribution in [3.63, 3.8) is 0 Å². The van der Waals surface area contributed by atoms with E-state index >= 15 is 0 Å². The number of benzene rings is 2. The lowest BCUT2D eigenvalue weighted by Crippen LogP contribution is -2.04. The highest BCUT2D eigenvalue weighted by molar-refractivity contribution is 7.22. The molecule has 6 heteroatoms. The molecule has 0 amide bonds. The maximum atomic E-state index is 4.67. The molecule has 136 valence electrons. The van der Waals surface area contributed by atoms with E-state index in [1.54, 1.807) is 11.3 Å². The van der Waals surface area contributed by atoms with Crippen LogP contribution in [0.15, 0.2) is 53.6 Å². The van der Waals surface area contributed by atoms with Crippen LogP contribution in [0.2, 0.25) is 0 Å². The molecular formula is C21H21N5S. The Hall–Kier alpha value is -2.99. The summed E-state index contributed by atoms with van der Waals surface area (Å²) in [5.74, 6) is 0. The minimum Gasteiger partial charge on any atom is -0.265 e. The summed E-state index contributed by atoms with van der Waals surface area (Å²) >= 11 is 1.59. The van der Waals surface area contributed by atoms with Gasteiger partial charge in [-0.05, 0) is 38.5 Å². The molecule has 0 atom stereocenters. The van der Waals surface area contributed by atoms with Crippen molar-refractivity contribution < 1.29 is 0 Å². The van der Waals surface area contributed by atoms with Gasteiger partial charge in [0.15, 0.2) is 0 Å². The molecule has 5 nitrogen and oxygen atoms in total. The van der Waals surface area contributed by atoms with E-state index in [1.807, 2.05) is 36.0 Å². The molecule has 0 fully saturated rings. The smallest absolute Gasteiger partial charge is 0.204 e. The minimum absolute atomic E-state index is 0.756. The third kappa shape index (κ3) is 3.75. The van der Waals surface area contributed by atoms with Gasteiger partial charge in [-0.2, -0.15) is 10.2 Å². The van der Waals surface area contributed by atoms with Gasteiger partial charge in [0.2, 0.25) is 5.13 Å². The second-order valence-electron chi connectivity index (χ2n) is 6.58. The van der Waals surface area contributed by atoms with Gasteiger partial charge >= 0.3 is 0 Å². The van der Waals surface area contributed by atoms with Gasteiger partial charge < -0.3 is 0 Å². The van der Waals surface area contributed by atoms with E-state index in [0.717, 1.165) is 38.8 Å². The van der Waals surface area contributed by atoms with E-state index in [-0.39, 0.29) is 0 Å². The highest BCUT2D eigenvalue weighted by Crippen LogP contribution is 2.25. The fourth-order valence-electron chi connectivity index (χ4n) is 2.99. The van der Waals surface area contributed by atoms with E-state index in [9.17, 15) is 0 Å². The molecule has 2 aromatic heterocycles. The average molecular weight is 376 g/mol. The number of hydrogen-bond donors (Lipinski definition) is 1. The Morgan fingerprint density at radius 2 is 1.85 bits per heavy atom. The van der Waals surface area contributed by atoms with E-state index in [2.05, 4.69) is 64.8 Å². The summed E-state index contributed by atoms with van der Waals surface area (Å²) in [7, 11) is 0. The number of hydrogen-bond acceptors (Lipinski definition) is 5. The first-order chi connectivity index (χ1) is 13.1. The van der Waals surface area contributed by atoms with Crippen LogP contribution in [-0.2, 0) is 6.54 Å². The number of aryl methyl sites for hydroxylation is 2.